The Morgan fingerprint density at radius 3 is 1.48 bits per heavy atom. The zero-order valence-electron chi connectivity index (χ0n) is 41.8. The quantitative estimate of drug-likeness (QED) is 0.0213. The van der Waals surface area contributed by atoms with Crippen molar-refractivity contribution in [2.45, 2.75) is 238 Å². The molecule has 63 heavy (non-hydrogen) atoms. The summed E-state index contributed by atoms with van der Waals surface area (Å²) in [5.74, 6) is -0.640. The number of hydrogen-bond donors (Lipinski definition) is 1. The number of esters is 1. The van der Waals surface area contributed by atoms with E-state index in [0.29, 0.717) is 23.9 Å². The van der Waals surface area contributed by atoms with Crippen molar-refractivity contribution in [1.82, 2.24) is 5.32 Å². The van der Waals surface area contributed by atoms with Crippen molar-refractivity contribution in [1.29, 1.82) is 0 Å². The standard InChI is InChI=1S/C53H99N2O7P/c1-7-10-13-16-19-22-25-27-30-33-36-39-42-45-52(56)54-50(49-61-63(58,59)60-48-47-55(4,5)6)51(44-41-38-35-32-29-24-21-18-15-12-9-3)62-53(57)46-43-40-37-34-31-28-26-23-20-17-14-11-8-2/h27-28,30-31,37,40-41,44,50-51H,7-26,29,32-36,38-39,42-43,45-49H2,1-6H3,(H-,54,56,58,59)/b30-27-,31-28-,40-37+,44-41+. The Labute approximate surface area is 388 Å². The molecule has 9 nitrogen and oxygen atoms in total. The predicted molar refractivity (Wildman–Crippen MR) is 266 cm³/mol. The monoisotopic (exact) mass is 907 g/mol. The number of phosphoric ester groups is 1. The number of nitrogens with one attached hydrogen (secondary N) is 1. The van der Waals surface area contributed by atoms with Crippen molar-refractivity contribution in [3.63, 3.8) is 0 Å². The molecule has 10 heteroatoms. The molecular weight excluding hydrogens is 808 g/mol. The molecule has 1 N–H and O–H groups in total. The van der Waals surface area contributed by atoms with Gasteiger partial charge in [-0.15, -0.1) is 0 Å². The minimum atomic E-state index is -4.70. The molecule has 1 amide bonds. The maximum absolute atomic E-state index is 13.4. The topological polar surface area (TPSA) is 114 Å². The van der Waals surface area contributed by atoms with Gasteiger partial charge >= 0.3 is 5.97 Å². The number of quaternary nitrogens is 1. The molecular formula is C53H99N2O7P. The van der Waals surface area contributed by atoms with E-state index in [1.807, 2.05) is 33.3 Å². The number of ether oxygens (including phenoxy) is 1. The van der Waals surface area contributed by atoms with Gasteiger partial charge in [-0.1, -0.05) is 185 Å². The van der Waals surface area contributed by atoms with E-state index in [1.165, 1.54) is 122 Å². The number of likely N-dealkylation sites (N-methyl/N-ethyl adjacent to an activating group) is 1. The van der Waals surface area contributed by atoms with Crippen LogP contribution in [0.5, 0.6) is 0 Å². The molecule has 0 spiro atoms. The van der Waals surface area contributed by atoms with Crippen molar-refractivity contribution < 1.29 is 37.3 Å². The Kier molecular flexibility index (Phi) is 42.4. The van der Waals surface area contributed by atoms with Crippen molar-refractivity contribution >= 4 is 19.7 Å². The lowest BCUT2D eigenvalue weighted by Gasteiger charge is -2.30. The van der Waals surface area contributed by atoms with Gasteiger partial charge in [-0.2, -0.15) is 0 Å². The fourth-order valence-corrected chi connectivity index (χ4v) is 7.88. The van der Waals surface area contributed by atoms with E-state index < -0.39 is 32.5 Å². The summed E-state index contributed by atoms with van der Waals surface area (Å²) in [7, 11) is 1.15. The average molecular weight is 907 g/mol. The first kappa shape index (κ1) is 61.0. The molecule has 0 fully saturated rings. The first-order chi connectivity index (χ1) is 30.4. The van der Waals surface area contributed by atoms with Crippen LogP contribution in [0.3, 0.4) is 0 Å². The van der Waals surface area contributed by atoms with E-state index in [0.717, 1.165) is 57.8 Å². The second kappa shape index (κ2) is 43.8. The number of unbranched alkanes of at least 4 members (excludes halogenated alkanes) is 24. The van der Waals surface area contributed by atoms with Crippen LogP contribution in [0, 0.1) is 0 Å². The van der Waals surface area contributed by atoms with Crippen molar-refractivity contribution in [3.8, 4) is 0 Å². The lowest BCUT2D eigenvalue weighted by molar-refractivity contribution is -0.870. The van der Waals surface area contributed by atoms with Gasteiger partial charge in [0.1, 0.15) is 19.3 Å². The summed E-state index contributed by atoms with van der Waals surface area (Å²) in [6, 6.07) is -0.915. The molecule has 3 atom stereocenters. The number of carbonyl (C=O) groups is 2. The molecule has 0 aromatic rings. The first-order valence-electron chi connectivity index (χ1n) is 25.9. The maximum atomic E-state index is 13.4. The fraction of sp³-hybridized carbons (Fsp3) is 0.811. The van der Waals surface area contributed by atoms with Gasteiger partial charge in [0, 0.05) is 12.8 Å². The Bertz CT molecular complexity index is 1230. The predicted octanol–water partition coefficient (Wildman–Crippen LogP) is 14.4. The minimum Gasteiger partial charge on any atom is -0.756 e. The Hall–Kier alpha value is -2.03. The number of phosphoric acid groups is 1. The van der Waals surface area contributed by atoms with Crippen LogP contribution in [0.2, 0.25) is 0 Å². The van der Waals surface area contributed by atoms with Gasteiger partial charge in [-0.3, -0.25) is 14.2 Å². The highest BCUT2D eigenvalue weighted by Gasteiger charge is 2.27. The molecule has 0 radical (unpaired) electrons. The Morgan fingerprint density at radius 1 is 0.556 bits per heavy atom. The van der Waals surface area contributed by atoms with Gasteiger partial charge in [0.2, 0.25) is 5.91 Å². The minimum absolute atomic E-state index is 0.0327. The van der Waals surface area contributed by atoms with Crippen LogP contribution < -0.4 is 10.2 Å². The number of amides is 1. The van der Waals surface area contributed by atoms with E-state index in [4.69, 9.17) is 13.8 Å². The summed E-state index contributed by atoms with van der Waals surface area (Å²) >= 11 is 0. The first-order valence-corrected chi connectivity index (χ1v) is 27.4. The van der Waals surface area contributed by atoms with Gasteiger partial charge in [0.25, 0.3) is 7.82 Å². The van der Waals surface area contributed by atoms with Crippen molar-refractivity contribution in [2.24, 2.45) is 0 Å². The molecule has 0 aromatic carbocycles. The van der Waals surface area contributed by atoms with E-state index >= 15 is 0 Å². The van der Waals surface area contributed by atoms with Crippen LogP contribution >= 0.6 is 7.82 Å². The third kappa shape index (κ3) is 44.9. The van der Waals surface area contributed by atoms with Crippen LogP contribution in [-0.2, 0) is 27.9 Å². The highest BCUT2D eigenvalue weighted by Crippen LogP contribution is 2.38. The largest absolute Gasteiger partial charge is 0.756 e. The highest BCUT2D eigenvalue weighted by molar-refractivity contribution is 7.45. The second-order valence-corrected chi connectivity index (χ2v) is 20.1. The molecule has 0 aliphatic carbocycles. The number of carbonyl (C=O) groups excluding carboxylic acids is 2. The van der Waals surface area contributed by atoms with E-state index in [-0.39, 0.29) is 25.4 Å². The lowest BCUT2D eigenvalue weighted by Crippen LogP contribution is -2.47. The third-order valence-electron chi connectivity index (χ3n) is 11.2. The van der Waals surface area contributed by atoms with Gasteiger partial charge in [0.05, 0.1) is 33.8 Å². The molecule has 0 saturated heterocycles. The van der Waals surface area contributed by atoms with E-state index in [9.17, 15) is 19.0 Å². The number of nitrogens with zero attached hydrogens (tertiary/aromatic N) is 1. The molecule has 0 aliphatic rings. The molecule has 0 aromatic heterocycles. The second-order valence-electron chi connectivity index (χ2n) is 18.7. The maximum Gasteiger partial charge on any atom is 0.306 e. The van der Waals surface area contributed by atoms with E-state index in [1.54, 1.807) is 6.08 Å². The van der Waals surface area contributed by atoms with E-state index in [2.05, 4.69) is 56.5 Å². The van der Waals surface area contributed by atoms with Crippen LogP contribution in [0.4, 0.5) is 0 Å². The number of allylic oxidation sites excluding steroid dienone is 7. The normalized spacial score (nSPS) is 14.3. The summed E-state index contributed by atoms with van der Waals surface area (Å²) in [5.41, 5.74) is 0. The van der Waals surface area contributed by atoms with Gasteiger partial charge in [-0.05, 0) is 76.7 Å². The van der Waals surface area contributed by atoms with Crippen LogP contribution in [0.15, 0.2) is 48.6 Å². The summed E-state index contributed by atoms with van der Waals surface area (Å²) in [4.78, 5) is 39.6. The summed E-state index contributed by atoms with van der Waals surface area (Å²) in [5, 5.41) is 2.98. The molecule has 0 heterocycles. The summed E-state index contributed by atoms with van der Waals surface area (Å²) < 4.78 is 30.0. The van der Waals surface area contributed by atoms with Crippen LogP contribution in [-0.4, -0.2) is 69.4 Å². The highest BCUT2D eigenvalue weighted by atomic mass is 31.2. The number of rotatable bonds is 46. The summed E-state index contributed by atoms with van der Waals surface area (Å²) in [6.07, 6.45) is 50.9. The smallest absolute Gasteiger partial charge is 0.306 e. The molecule has 368 valence electrons. The van der Waals surface area contributed by atoms with Crippen molar-refractivity contribution in [2.75, 3.05) is 40.9 Å². The molecule has 0 rings (SSSR count). The van der Waals surface area contributed by atoms with Gasteiger partial charge < -0.3 is 28.5 Å². The zero-order valence-corrected chi connectivity index (χ0v) is 42.7. The van der Waals surface area contributed by atoms with Crippen LogP contribution in [0.1, 0.15) is 226 Å². The Morgan fingerprint density at radius 2 is 0.984 bits per heavy atom. The fourth-order valence-electron chi connectivity index (χ4n) is 7.16. The van der Waals surface area contributed by atoms with Gasteiger partial charge in [-0.25, -0.2) is 0 Å². The van der Waals surface area contributed by atoms with Crippen molar-refractivity contribution in [3.05, 3.63) is 48.6 Å². The average Bonchev–Trinajstić information content (AvgIpc) is 3.23. The SMILES string of the molecule is CCCCCCCC/C=C\C/C=C/CCC(=O)OC(/C=C/CCCCCCCCCCC)C(COP(=O)([O-])OCC[N+](C)(C)C)NC(=O)CCCCC/C=C\CCCCCCCC. The molecule has 0 aliphatic heterocycles. The van der Waals surface area contributed by atoms with Crippen LogP contribution in [0.25, 0.3) is 0 Å². The Balaban J connectivity index is 5.53. The number of hydrogen-bond acceptors (Lipinski definition) is 7. The third-order valence-corrected chi connectivity index (χ3v) is 12.2. The molecule has 3 unspecified atom stereocenters. The molecule has 0 saturated carbocycles. The lowest BCUT2D eigenvalue weighted by atomic mass is 10.1. The van der Waals surface area contributed by atoms with Gasteiger partial charge in [0.15, 0.2) is 0 Å². The summed E-state index contributed by atoms with van der Waals surface area (Å²) in [6.45, 7) is 6.75. The zero-order chi connectivity index (χ0) is 46.5. The molecule has 0 bridgehead atoms.